The molecule has 0 rings (SSSR count). The molecule has 0 aliphatic heterocycles. The first kappa shape index (κ1) is 15.9. The van der Waals surface area contributed by atoms with Gasteiger partial charge in [0.15, 0.2) is 0 Å². The lowest BCUT2D eigenvalue weighted by atomic mass is 9.98. The number of rotatable bonds is 8. The molecular weight excluding hydrogens is 222 g/mol. The van der Waals surface area contributed by atoms with Gasteiger partial charge in [0, 0.05) is 17.8 Å². The van der Waals surface area contributed by atoms with Crippen LogP contribution in [-0.4, -0.2) is 32.0 Å². The summed E-state index contributed by atoms with van der Waals surface area (Å²) in [4.78, 5) is 0. The second-order valence-corrected chi connectivity index (χ2v) is 7.56. The molecule has 1 N–H and O–H groups in total. The van der Waals surface area contributed by atoms with Gasteiger partial charge in [-0.25, -0.2) is 8.42 Å². The van der Waals surface area contributed by atoms with Crippen molar-refractivity contribution in [3.8, 4) is 0 Å². The maximum absolute atomic E-state index is 11.1. The van der Waals surface area contributed by atoms with Crippen molar-refractivity contribution in [1.29, 1.82) is 0 Å². The van der Waals surface area contributed by atoms with Crippen LogP contribution in [0.25, 0.3) is 0 Å². The first-order valence-corrected chi connectivity index (χ1v) is 8.21. The average molecular weight is 249 g/mol. The molecule has 0 fully saturated rings. The van der Waals surface area contributed by atoms with Gasteiger partial charge in [-0.2, -0.15) is 0 Å². The molecule has 0 aliphatic rings. The summed E-state index contributed by atoms with van der Waals surface area (Å²) in [5.41, 5.74) is -0.0983. The molecule has 0 radical (unpaired) electrons. The van der Waals surface area contributed by atoms with E-state index >= 15 is 0 Å². The molecule has 0 amide bonds. The second-order valence-electron chi connectivity index (χ2n) is 5.30. The highest BCUT2D eigenvalue weighted by atomic mass is 32.2. The molecule has 0 heterocycles. The van der Waals surface area contributed by atoms with Crippen molar-refractivity contribution in [2.24, 2.45) is 0 Å². The van der Waals surface area contributed by atoms with Crippen molar-refractivity contribution in [2.45, 2.75) is 65.0 Å². The molecule has 0 spiro atoms. The average Bonchev–Trinajstić information content (AvgIpc) is 2.13. The van der Waals surface area contributed by atoms with Crippen molar-refractivity contribution >= 4 is 9.84 Å². The Bertz CT molecular complexity index is 283. The maximum atomic E-state index is 11.1. The van der Waals surface area contributed by atoms with Gasteiger partial charge in [-0.3, -0.25) is 0 Å². The van der Waals surface area contributed by atoms with E-state index in [0.29, 0.717) is 12.5 Å². The van der Waals surface area contributed by atoms with Gasteiger partial charge < -0.3 is 5.32 Å². The Morgan fingerprint density at radius 1 is 1.25 bits per heavy atom. The topological polar surface area (TPSA) is 46.2 Å². The van der Waals surface area contributed by atoms with Crippen LogP contribution in [0, 0.1) is 0 Å². The molecule has 0 aromatic heterocycles. The fourth-order valence-electron chi connectivity index (χ4n) is 1.79. The molecule has 0 aromatic carbocycles. The molecule has 0 aromatic rings. The van der Waals surface area contributed by atoms with Gasteiger partial charge >= 0.3 is 0 Å². The molecule has 0 aliphatic carbocycles. The summed E-state index contributed by atoms with van der Waals surface area (Å²) in [6.07, 6.45) is 5.38. The van der Waals surface area contributed by atoms with Gasteiger partial charge in [0.2, 0.25) is 0 Å². The summed E-state index contributed by atoms with van der Waals surface area (Å²) in [6, 6.07) is 0.500. The lowest BCUT2D eigenvalue weighted by Crippen LogP contribution is -2.46. The largest absolute Gasteiger partial charge is 0.309 e. The van der Waals surface area contributed by atoms with Crippen molar-refractivity contribution in [3.63, 3.8) is 0 Å². The summed E-state index contributed by atoms with van der Waals surface area (Å²) in [7, 11) is -2.85. The van der Waals surface area contributed by atoms with E-state index in [1.165, 1.54) is 6.26 Å². The van der Waals surface area contributed by atoms with Crippen LogP contribution in [-0.2, 0) is 9.84 Å². The zero-order valence-electron chi connectivity index (χ0n) is 11.3. The quantitative estimate of drug-likeness (QED) is 0.718. The zero-order valence-corrected chi connectivity index (χ0v) is 12.2. The molecule has 1 atom stereocenters. The number of nitrogens with one attached hydrogen (secondary N) is 1. The summed E-state index contributed by atoms with van der Waals surface area (Å²) >= 11 is 0. The third-order valence-corrected chi connectivity index (χ3v) is 3.77. The Morgan fingerprint density at radius 3 is 2.19 bits per heavy atom. The van der Waals surface area contributed by atoms with Crippen molar-refractivity contribution in [2.75, 3.05) is 12.0 Å². The minimum Gasteiger partial charge on any atom is -0.309 e. The van der Waals surface area contributed by atoms with Crippen LogP contribution in [0.2, 0.25) is 0 Å². The fourth-order valence-corrected chi connectivity index (χ4v) is 2.67. The molecule has 1 unspecified atom stereocenters. The van der Waals surface area contributed by atoms with E-state index in [9.17, 15) is 8.42 Å². The zero-order chi connectivity index (χ0) is 12.8. The fraction of sp³-hybridized carbons (Fsp3) is 1.00. The second kappa shape index (κ2) is 6.60. The first-order valence-electron chi connectivity index (χ1n) is 6.15. The van der Waals surface area contributed by atoms with E-state index in [-0.39, 0.29) is 11.3 Å². The van der Waals surface area contributed by atoms with Gasteiger partial charge in [0.25, 0.3) is 0 Å². The van der Waals surface area contributed by atoms with Crippen LogP contribution in [0.1, 0.15) is 53.4 Å². The van der Waals surface area contributed by atoms with Crippen LogP contribution in [0.5, 0.6) is 0 Å². The standard InChI is InChI=1S/C12H27NO2S/c1-6-8-11(7-2)13-12(3,4)9-10-16(5,14)15/h11,13H,6-10H2,1-5H3. The van der Waals surface area contributed by atoms with Crippen molar-refractivity contribution < 1.29 is 8.42 Å². The van der Waals surface area contributed by atoms with Gasteiger partial charge in [-0.1, -0.05) is 20.3 Å². The summed E-state index contributed by atoms with van der Waals surface area (Å²) < 4.78 is 22.3. The smallest absolute Gasteiger partial charge is 0.147 e. The minimum atomic E-state index is -2.85. The number of hydrogen-bond acceptors (Lipinski definition) is 3. The van der Waals surface area contributed by atoms with E-state index in [2.05, 4.69) is 33.0 Å². The monoisotopic (exact) mass is 249 g/mol. The highest BCUT2D eigenvalue weighted by Crippen LogP contribution is 2.14. The van der Waals surface area contributed by atoms with Crippen LogP contribution >= 0.6 is 0 Å². The number of sulfone groups is 1. The molecule has 0 bridgehead atoms. The van der Waals surface area contributed by atoms with Gasteiger partial charge in [0.1, 0.15) is 9.84 Å². The Morgan fingerprint density at radius 2 is 1.81 bits per heavy atom. The Labute approximate surface area is 101 Å². The molecule has 0 saturated heterocycles. The lowest BCUT2D eigenvalue weighted by Gasteiger charge is -2.31. The highest BCUT2D eigenvalue weighted by Gasteiger charge is 2.22. The van der Waals surface area contributed by atoms with Crippen LogP contribution in [0.4, 0.5) is 0 Å². The van der Waals surface area contributed by atoms with E-state index in [0.717, 1.165) is 19.3 Å². The molecule has 16 heavy (non-hydrogen) atoms. The van der Waals surface area contributed by atoms with Crippen LogP contribution in [0.3, 0.4) is 0 Å². The third kappa shape index (κ3) is 8.11. The first-order chi connectivity index (χ1) is 7.20. The van der Waals surface area contributed by atoms with Crippen LogP contribution < -0.4 is 5.32 Å². The normalized spacial score (nSPS) is 15.1. The van der Waals surface area contributed by atoms with Gasteiger partial charge in [-0.05, 0) is 33.1 Å². The summed E-state index contributed by atoms with van der Waals surface area (Å²) in [5, 5.41) is 3.55. The van der Waals surface area contributed by atoms with Crippen molar-refractivity contribution in [3.05, 3.63) is 0 Å². The van der Waals surface area contributed by atoms with E-state index in [1.54, 1.807) is 0 Å². The van der Waals surface area contributed by atoms with Gasteiger partial charge in [0.05, 0.1) is 5.75 Å². The highest BCUT2D eigenvalue weighted by molar-refractivity contribution is 7.90. The predicted octanol–water partition coefficient (Wildman–Crippen LogP) is 2.37. The predicted molar refractivity (Wildman–Crippen MR) is 70.5 cm³/mol. The lowest BCUT2D eigenvalue weighted by molar-refractivity contribution is 0.306. The van der Waals surface area contributed by atoms with Crippen molar-refractivity contribution in [1.82, 2.24) is 5.32 Å². The van der Waals surface area contributed by atoms with Gasteiger partial charge in [-0.15, -0.1) is 0 Å². The van der Waals surface area contributed by atoms with E-state index in [4.69, 9.17) is 0 Å². The molecule has 0 saturated carbocycles. The molecule has 98 valence electrons. The van der Waals surface area contributed by atoms with E-state index in [1.807, 2.05) is 0 Å². The molecule has 3 nitrogen and oxygen atoms in total. The van der Waals surface area contributed by atoms with Crippen LogP contribution in [0.15, 0.2) is 0 Å². The Kier molecular flexibility index (Phi) is 6.56. The Balaban J connectivity index is 4.21. The van der Waals surface area contributed by atoms with E-state index < -0.39 is 9.84 Å². The number of hydrogen-bond donors (Lipinski definition) is 1. The summed E-state index contributed by atoms with van der Waals surface area (Å²) in [6.45, 7) is 8.50. The summed E-state index contributed by atoms with van der Waals surface area (Å²) in [5.74, 6) is 0.259. The maximum Gasteiger partial charge on any atom is 0.147 e. The molecule has 4 heteroatoms. The SMILES string of the molecule is CCCC(CC)NC(C)(C)CCS(C)(=O)=O. The minimum absolute atomic E-state index is 0.0983. The molecular formula is C12H27NO2S. The Hall–Kier alpha value is -0.0900. The third-order valence-electron chi connectivity index (χ3n) is 2.82.